The van der Waals surface area contributed by atoms with E-state index in [0.29, 0.717) is 25.1 Å². The molecule has 1 atom stereocenters. The first-order valence-corrected chi connectivity index (χ1v) is 6.15. The van der Waals surface area contributed by atoms with Crippen LogP contribution in [-0.2, 0) is 12.6 Å². The molecule has 0 saturated heterocycles. The lowest BCUT2D eigenvalue weighted by Gasteiger charge is -2.25. The van der Waals surface area contributed by atoms with E-state index in [0.717, 1.165) is 6.07 Å². The van der Waals surface area contributed by atoms with Crippen LogP contribution in [-0.4, -0.2) is 24.0 Å². The summed E-state index contributed by atoms with van der Waals surface area (Å²) in [6.45, 7) is 2.66. The van der Waals surface area contributed by atoms with Gasteiger partial charge in [-0.3, -0.25) is 4.90 Å². The predicted molar refractivity (Wildman–Crippen MR) is 73.8 cm³/mol. The first-order valence-electron chi connectivity index (χ1n) is 6.15. The predicted octanol–water partition coefficient (Wildman–Crippen LogP) is 3.20. The van der Waals surface area contributed by atoms with Crippen molar-refractivity contribution >= 4 is 0 Å². The van der Waals surface area contributed by atoms with Crippen LogP contribution in [0.3, 0.4) is 0 Å². The van der Waals surface area contributed by atoms with Crippen molar-refractivity contribution < 1.29 is 13.2 Å². The fraction of sp³-hybridized carbons (Fsp3) is 0.375. The number of rotatable bonds is 5. The fourth-order valence-corrected chi connectivity index (χ4v) is 1.95. The maximum absolute atomic E-state index is 12.6. The van der Waals surface area contributed by atoms with Crippen LogP contribution in [0, 0.1) is 24.7 Å². The molecule has 0 aliphatic heterocycles. The average molecular weight is 279 g/mol. The van der Waals surface area contributed by atoms with Gasteiger partial charge in [0.25, 0.3) is 0 Å². The molecular weight excluding hydrogens is 263 g/mol. The maximum Gasteiger partial charge on any atom is 0.416 e. The smallest absolute Gasteiger partial charge is 0.278 e. The Labute approximate surface area is 117 Å². The van der Waals surface area contributed by atoms with Gasteiger partial charge in [-0.1, -0.05) is 30.0 Å². The van der Waals surface area contributed by atoms with E-state index in [4.69, 9.17) is 12.8 Å². The zero-order valence-corrected chi connectivity index (χ0v) is 11.2. The van der Waals surface area contributed by atoms with Crippen molar-refractivity contribution in [1.82, 2.24) is 4.90 Å². The second kappa shape index (κ2) is 7.03. The summed E-state index contributed by atoms with van der Waals surface area (Å²) in [6.07, 6.45) is 6.67. The largest absolute Gasteiger partial charge is 0.416 e. The number of nitrogens with zero attached hydrogens (tertiary/aromatic N) is 1. The van der Waals surface area contributed by atoms with Crippen molar-refractivity contribution in [3.8, 4) is 24.7 Å². The molecule has 1 unspecified atom stereocenters. The summed E-state index contributed by atoms with van der Waals surface area (Å²) in [4.78, 5) is 1.88. The number of hydrogen-bond donors (Lipinski definition) is 0. The molecule has 0 aliphatic rings. The molecule has 0 N–H and O–H groups in total. The highest BCUT2D eigenvalue weighted by atomic mass is 19.4. The lowest BCUT2D eigenvalue weighted by molar-refractivity contribution is -0.137. The average Bonchev–Trinajstić information content (AvgIpc) is 2.38. The zero-order chi connectivity index (χ0) is 15.2. The van der Waals surface area contributed by atoms with Gasteiger partial charge in [0.05, 0.1) is 18.7 Å². The van der Waals surface area contributed by atoms with E-state index in [-0.39, 0.29) is 6.04 Å². The molecule has 1 aromatic rings. The second-order valence-electron chi connectivity index (χ2n) is 4.56. The monoisotopic (exact) mass is 279 g/mol. The Morgan fingerprint density at radius 1 is 1.20 bits per heavy atom. The van der Waals surface area contributed by atoms with Gasteiger partial charge >= 0.3 is 6.18 Å². The standard InChI is InChI=1S/C16H16F3N/c1-4-9-20(10-5-2)13(3)11-14-7-6-8-15(12-14)16(17,18)19/h1-2,6-8,12-13H,9-11H2,3H3. The quantitative estimate of drug-likeness (QED) is 0.748. The number of hydrogen-bond acceptors (Lipinski definition) is 1. The van der Waals surface area contributed by atoms with Gasteiger partial charge in [0, 0.05) is 6.04 Å². The van der Waals surface area contributed by atoms with Gasteiger partial charge in [0.15, 0.2) is 0 Å². The van der Waals surface area contributed by atoms with Gasteiger partial charge in [0.2, 0.25) is 0 Å². The summed E-state index contributed by atoms with van der Waals surface area (Å²) in [7, 11) is 0. The van der Waals surface area contributed by atoms with E-state index in [1.807, 2.05) is 11.8 Å². The first-order chi connectivity index (χ1) is 9.38. The van der Waals surface area contributed by atoms with Gasteiger partial charge in [-0.2, -0.15) is 13.2 Å². The summed E-state index contributed by atoms with van der Waals surface area (Å²) in [6, 6.07) is 5.30. The summed E-state index contributed by atoms with van der Waals surface area (Å²) < 4.78 is 37.9. The molecule has 1 rings (SSSR count). The third kappa shape index (κ3) is 4.64. The summed E-state index contributed by atoms with van der Waals surface area (Å²) >= 11 is 0. The Bertz CT molecular complexity index is 504. The van der Waals surface area contributed by atoms with Crippen LogP contribution in [0.5, 0.6) is 0 Å². The van der Waals surface area contributed by atoms with Crippen molar-refractivity contribution in [1.29, 1.82) is 0 Å². The van der Waals surface area contributed by atoms with Gasteiger partial charge in [0.1, 0.15) is 0 Å². The van der Waals surface area contributed by atoms with Crippen LogP contribution >= 0.6 is 0 Å². The van der Waals surface area contributed by atoms with E-state index < -0.39 is 11.7 Å². The van der Waals surface area contributed by atoms with E-state index in [9.17, 15) is 13.2 Å². The van der Waals surface area contributed by atoms with E-state index in [2.05, 4.69) is 11.8 Å². The second-order valence-corrected chi connectivity index (χ2v) is 4.56. The molecular formula is C16H16F3N. The minimum absolute atomic E-state index is 0.0226. The van der Waals surface area contributed by atoms with Crippen LogP contribution in [0.15, 0.2) is 24.3 Å². The molecule has 0 spiro atoms. The third-order valence-electron chi connectivity index (χ3n) is 3.00. The van der Waals surface area contributed by atoms with Crippen LogP contribution < -0.4 is 0 Å². The van der Waals surface area contributed by atoms with Crippen LogP contribution in [0.2, 0.25) is 0 Å². The Morgan fingerprint density at radius 2 is 1.80 bits per heavy atom. The van der Waals surface area contributed by atoms with E-state index in [1.54, 1.807) is 6.07 Å². The van der Waals surface area contributed by atoms with E-state index in [1.165, 1.54) is 12.1 Å². The van der Waals surface area contributed by atoms with Crippen LogP contribution in [0.25, 0.3) is 0 Å². The van der Waals surface area contributed by atoms with Crippen molar-refractivity contribution in [2.24, 2.45) is 0 Å². The van der Waals surface area contributed by atoms with Gasteiger partial charge < -0.3 is 0 Å². The van der Waals surface area contributed by atoms with Gasteiger partial charge in [-0.15, -0.1) is 12.8 Å². The first kappa shape index (κ1) is 16.1. The normalized spacial score (nSPS) is 12.8. The maximum atomic E-state index is 12.6. The number of halogens is 3. The zero-order valence-electron chi connectivity index (χ0n) is 11.2. The molecule has 0 bridgehead atoms. The molecule has 0 saturated carbocycles. The molecule has 20 heavy (non-hydrogen) atoms. The SMILES string of the molecule is C#CCN(CC#C)C(C)Cc1cccc(C(F)(F)F)c1. The van der Waals surface area contributed by atoms with Gasteiger partial charge in [-0.05, 0) is 25.0 Å². The number of alkyl halides is 3. The molecule has 0 aliphatic carbocycles. The molecule has 4 heteroatoms. The number of benzene rings is 1. The topological polar surface area (TPSA) is 3.24 Å². The lowest BCUT2D eigenvalue weighted by Crippen LogP contribution is -2.35. The molecule has 1 aromatic carbocycles. The molecule has 0 heterocycles. The van der Waals surface area contributed by atoms with Crippen LogP contribution in [0.1, 0.15) is 18.1 Å². The highest BCUT2D eigenvalue weighted by Crippen LogP contribution is 2.29. The Balaban J connectivity index is 2.82. The Morgan fingerprint density at radius 3 is 2.30 bits per heavy atom. The molecule has 1 nitrogen and oxygen atoms in total. The minimum atomic E-state index is -4.32. The third-order valence-corrected chi connectivity index (χ3v) is 3.00. The van der Waals surface area contributed by atoms with Gasteiger partial charge in [-0.25, -0.2) is 0 Å². The number of terminal acetylenes is 2. The Kier molecular flexibility index (Phi) is 5.67. The minimum Gasteiger partial charge on any atom is -0.278 e. The fourth-order valence-electron chi connectivity index (χ4n) is 1.95. The Hall–Kier alpha value is -1.91. The van der Waals surface area contributed by atoms with Crippen LogP contribution in [0.4, 0.5) is 13.2 Å². The van der Waals surface area contributed by atoms with Crippen molar-refractivity contribution in [3.05, 3.63) is 35.4 Å². The molecule has 0 aromatic heterocycles. The highest BCUT2D eigenvalue weighted by molar-refractivity contribution is 5.26. The van der Waals surface area contributed by atoms with E-state index >= 15 is 0 Å². The molecule has 106 valence electrons. The molecule has 0 fully saturated rings. The molecule has 0 amide bonds. The van der Waals surface area contributed by atoms with Crippen molar-refractivity contribution in [2.75, 3.05) is 13.1 Å². The van der Waals surface area contributed by atoms with Crippen molar-refractivity contribution in [3.63, 3.8) is 0 Å². The molecule has 0 radical (unpaired) electrons. The summed E-state index contributed by atoms with van der Waals surface area (Å²) in [5.41, 5.74) is -0.0194. The highest BCUT2D eigenvalue weighted by Gasteiger charge is 2.30. The lowest BCUT2D eigenvalue weighted by atomic mass is 10.0. The van der Waals surface area contributed by atoms with Crippen molar-refractivity contribution in [2.45, 2.75) is 25.6 Å². The summed E-state index contributed by atoms with van der Waals surface area (Å²) in [5, 5.41) is 0. The summed E-state index contributed by atoms with van der Waals surface area (Å²) in [5.74, 6) is 5.01.